The molecule has 6 nitrogen and oxygen atoms in total. The van der Waals surface area contributed by atoms with Crippen molar-refractivity contribution in [3.05, 3.63) is 59.6 Å². The Morgan fingerprint density at radius 1 is 1.19 bits per heavy atom. The number of anilines is 1. The number of carbonyl (C=O) groups excluding carboxylic acids is 2. The van der Waals surface area contributed by atoms with E-state index in [0.717, 1.165) is 11.3 Å². The first kappa shape index (κ1) is 18.1. The molecule has 2 aromatic heterocycles. The van der Waals surface area contributed by atoms with Gasteiger partial charge in [0.15, 0.2) is 11.7 Å². The van der Waals surface area contributed by atoms with Crippen molar-refractivity contribution >= 4 is 40.1 Å². The summed E-state index contributed by atoms with van der Waals surface area (Å²) < 4.78 is 5.07. The monoisotopic (exact) mass is 385 g/mol. The zero-order chi connectivity index (χ0) is 18.4. The van der Waals surface area contributed by atoms with E-state index in [1.165, 1.54) is 23.1 Å². The third kappa shape index (κ3) is 4.47. The topological polar surface area (TPSA) is 81.2 Å². The number of thiazole rings is 1. The van der Waals surface area contributed by atoms with E-state index in [-0.39, 0.29) is 6.61 Å². The van der Waals surface area contributed by atoms with E-state index < -0.39 is 11.9 Å². The van der Waals surface area contributed by atoms with Gasteiger partial charge in [0, 0.05) is 17.1 Å². The molecule has 0 radical (unpaired) electrons. The van der Waals surface area contributed by atoms with Crippen molar-refractivity contribution in [2.24, 2.45) is 0 Å². The maximum atomic E-state index is 12.1. The Labute approximate surface area is 158 Å². The van der Waals surface area contributed by atoms with Crippen LogP contribution in [0.1, 0.15) is 10.4 Å². The second kappa shape index (κ2) is 8.59. The van der Waals surface area contributed by atoms with Gasteiger partial charge in [-0.15, -0.1) is 23.1 Å². The molecule has 0 fully saturated rings. The van der Waals surface area contributed by atoms with E-state index in [4.69, 9.17) is 4.74 Å². The number of benzene rings is 1. The number of thioether (sulfide) groups is 1. The first-order valence-corrected chi connectivity index (χ1v) is 9.74. The number of amides is 1. The second-order valence-corrected chi connectivity index (χ2v) is 6.74. The van der Waals surface area contributed by atoms with E-state index in [0.29, 0.717) is 15.7 Å². The van der Waals surface area contributed by atoms with Crippen LogP contribution in [0.2, 0.25) is 0 Å². The van der Waals surface area contributed by atoms with Gasteiger partial charge in [0.05, 0.1) is 11.3 Å². The highest BCUT2D eigenvalue weighted by atomic mass is 32.2. The van der Waals surface area contributed by atoms with Crippen LogP contribution in [-0.4, -0.2) is 34.7 Å². The number of pyridine rings is 1. The largest absolute Gasteiger partial charge is 0.452 e. The fourth-order valence-electron chi connectivity index (χ4n) is 2.15. The normalized spacial score (nSPS) is 10.3. The molecule has 1 aromatic carbocycles. The lowest BCUT2D eigenvalue weighted by molar-refractivity contribution is -0.119. The number of nitrogens with one attached hydrogen (secondary N) is 1. The summed E-state index contributed by atoms with van der Waals surface area (Å²) in [6, 6.07) is 12.9. The van der Waals surface area contributed by atoms with Gasteiger partial charge in [-0.25, -0.2) is 14.8 Å². The van der Waals surface area contributed by atoms with Gasteiger partial charge in [-0.3, -0.25) is 10.1 Å². The van der Waals surface area contributed by atoms with Gasteiger partial charge in [0.1, 0.15) is 5.03 Å². The highest BCUT2D eigenvalue weighted by Crippen LogP contribution is 2.24. The van der Waals surface area contributed by atoms with Crippen LogP contribution < -0.4 is 5.32 Å². The summed E-state index contributed by atoms with van der Waals surface area (Å²) in [6.45, 7) is -0.387. The van der Waals surface area contributed by atoms with Gasteiger partial charge in [-0.05, 0) is 18.4 Å². The molecule has 0 saturated carbocycles. The van der Waals surface area contributed by atoms with Gasteiger partial charge in [0.25, 0.3) is 5.91 Å². The minimum atomic E-state index is -0.582. The molecule has 0 saturated heterocycles. The second-order valence-electron chi connectivity index (χ2n) is 5.09. The van der Waals surface area contributed by atoms with Crippen LogP contribution in [0.3, 0.4) is 0 Å². The maximum Gasteiger partial charge on any atom is 0.341 e. The van der Waals surface area contributed by atoms with Crippen LogP contribution in [-0.2, 0) is 9.53 Å². The molecule has 0 atom stereocenters. The Balaban J connectivity index is 1.56. The van der Waals surface area contributed by atoms with E-state index in [1.807, 2.05) is 42.0 Å². The van der Waals surface area contributed by atoms with Crippen molar-refractivity contribution in [3.8, 4) is 11.3 Å². The summed E-state index contributed by atoms with van der Waals surface area (Å²) in [5.74, 6) is -1.02. The third-order valence-electron chi connectivity index (χ3n) is 3.34. The molecule has 3 rings (SSSR count). The quantitative estimate of drug-likeness (QED) is 0.514. The van der Waals surface area contributed by atoms with E-state index in [1.54, 1.807) is 18.3 Å². The number of aromatic nitrogens is 2. The Morgan fingerprint density at radius 3 is 2.77 bits per heavy atom. The van der Waals surface area contributed by atoms with Crippen LogP contribution in [0, 0.1) is 0 Å². The lowest BCUT2D eigenvalue weighted by Crippen LogP contribution is -2.21. The third-order valence-corrected chi connectivity index (χ3v) is 4.81. The van der Waals surface area contributed by atoms with Crippen LogP contribution in [0.5, 0.6) is 0 Å². The summed E-state index contributed by atoms with van der Waals surface area (Å²) in [5, 5.41) is 5.51. The van der Waals surface area contributed by atoms with Crippen molar-refractivity contribution < 1.29 is 14.3 Å². The highest BCUT2D eigenvalue weighted by molar-refractivity contribution is 7.98. The summed E-state index contributed by atoms with van der Waals surface area (Å²) in [6.07, 6.45) is 3.42. The fraction of sp³-hybridized carbons (Fsp3) is 0.111. The Morgan fingerprint density at radius 2 is 2.00 bits per heavy atom. The molecule has 1 amide bonds. The van der Waals surface area contributed by atoms with Gasteiger partial charge < -0.3 is 4.74 Å². The summed E-state index contributed by atoms with van der Waals surface area (Å²) in [5.41, 5.74) is 2.09. The Kier molecular flexibility index (Phi) is 5.98. The van der Waals surface area contributed by atoms with Crippen LogP contribution in [0.25, 0.3) is 11.3 Å². The standard InChI is InChI=1S/C18H15N3O3S2/c1-25-16-13(8-5-9-19-16)17(23)24-10-15(22)21-18-20-14(11-26-18)12-6-3-2-4-7-12/h2-9,11H,10H2,1H3,(H,20,21,22). The summed E-state index contributed by atoms with van der Waals surface area (Å²) >= 11 is 2.65. The molecular formula is C18H15N3O3S2. The van der Waals surface area contributed by atoms with Crippen molar-refractivity contribution in [3.63, 3.8) is 0 Å². The molecule has 0 spiro atoms. The SMILES string of the molecule is CSc1ncccc1C(=O)OCC(=O)Nc1nc(-c2ccccc2)cs1. The van der Waals surface area contributed by atoms with Gasteiger partial charge in [-0.2, -0.15) is 0 Å². The van der Waals surface area contributed by atoms with Gasteiger partial charge in [0.2, 0.25) is 0 Å². The van der Waals surface area contributed by atoms with Crippen LogP contribution in [0.4, 0.5) is 5.13 Å². The first-order chi connectivity index (χ1) is 12.7. The molecule has 1 N–H and O–H groups in total. The molecule has 0 aliphatic rings. The predicted molar refractivity (Wildman–Crippen MR) is 102 cm³/mol. The summed E-state index contributed by atoms with van der Waals surface area (Å²) in [7, 11) is 0. The van der Waals surface area contributed by atoms with Crippen molar-refractivity contribution in [2.45, 2.75) is 5.03 Å². The lowest BCUT2D eigenvalue weighted by atomic mass is 10.2. The molecule has 2 heterocycles. The fourth-order valence-corrected chi connectivity index (χ4v) is 3.42. The maximum absolute atomic E-state index is 12.1. The minimum Gasteiger partial charge on any atom is -0.452 e. The van der Waals surface area contributed by atoms with Crippen molar-refractivity contribution in [1.29, 1.82) is 0 Å². The molecular weight excluding hydrogens is 370 g/mol. The first-order valence-electron chi connectivity index (χ1n) is 7.64. The van der Waals surface area contributed by atoms with Crippen LogP contribution >= 0.6 is 23.1 Å². The molecule has 0 aliphatic heterocycles. The van der Waals surface area contributed by atoms with Crippen molar-refractivity contribution in [1.82, 2.24) is 9.97 Å². The van der Waals surface area contributed by atoms with Crippen molar-refractivity contribution in [2.75, 3.05) is 18.2 Å². The predicted octanol–water partition coefficient (Wildman–Crippen LogP) is 3.72. The van der Waals surface area contributed by atoms with E-state index >= 15 is 0 Å². The number of hydrogen-bond donors (Lipinski definition) is 1. The highest BCUT2D eigenvalue weighted by Gasteiger charge is 2.15. The summed E-state index contributed by atoms with van der Waals surface area (Å²) in [4.78, 5) is 32.6. The van der Waals surface area contributed by atoms with E-state index in [9.17, 15) is 9.59 Å². The molecule has 26 heavy (non-hydrogen) atoms. The number of rotatable bonds is 6. The lowest BCUT2D eigenvalue weighted by Gasteiger charge is -2.06. The molecule has 3 aromatic rings. The Hall–Kier alpha value is -2.71. The Bertz CT molecular complexity index is 913. The minimum absolute atomic E-state index is 0.341. The smallest absolute Gasteiger partial charge is 0.341 e. The molecule has 8 heteroatoms. The molecule has 0 bridgehead atoms. The number of nitrogens with zero attached hydrogens (tertiary/aromatic N) is 2. The number of carbonyl (C=O) groups is 2. The zero-order valence-electron chi connectivity index (χ0n) is 13.8. The number of ether oxygens (including phenoxy) is 1. The van der Waals surface area contributed by atoms with Gasteiger partial charge >= 0.3 is 5.97 Å². The number of hydrogen-bond acceptors (Lipinski definition) is 7. The molecule has 0 unspecified atom stereocenters. The number of esters is 1. The zero-order valence-corrected chi connectivity index (χ0v) is 15.5. The molecule has 132 valence electrons. The van der Waals surface area contributed by atoms with Crippen LogP contribution in [0.15, 0.2) is 59.1 Å². The van der Waals surface area contributed by atoms with Gasteiger partial charge in [-0.1, -0.05) is 30.3 Å². The van der Waals surface area contributed by atoms with E-state index in [2.05, 4.69) is 15.3 Å². The average Bonchev–Trinajstić information content (AvgIpc) is 3.15. The average molecular weight is 385 g/mol. The molecule has 0 aliphatic carbocycles.